The van der Waals surface area contributed by atoms with E-state index in [1.54, 1.807) is 12.1 Å². The average molecular weight is 413 g/mol. The Morgan fingerprint density at radius 3 is 2.52 bits per heavy atom. The smallest absolute Gasteiger partial charge is 0.227 e. The molecular formula is C26H24FN3O. The minimum absolute atomic E-state index is 0.0440. The maximum atomic E-state index is 14.4. The van der Waals surface area contributed by atoms with Gasteiger partial charge in [0.25, 0.3) is 0 Å². The SMILES string of the molecule is CCc1ccc(N2CC(c3nc4ccccc4n3Cc3ccccc3F)CC2=O)cc1. The van der Waals surface area contributed by atoms with Crippen LogP contribution in [-0.2, 0) is 17.8 Å². The molecule has 1 unspecified atom stereocenters. The Balaban J connectivity index is 1.51. The highest BCUT2D eigenvalue weighted by Gasteiger charge is 2.35. The van der Waals surface area contributed by atoms with Crippen molar-refractivity contribution in [1.29, 1.82) is 0 Å². The summed E-state index contributed by atoms with van der Waals surface area (Å²) in [5.41, 5.74) is 4.61. The molecule has 0 aliphatic carbocycles. The summed E-state index contributed by atoms with van der Waals surface area (Å²) in [4.78, 5) is 19.6. The van der Waals surface area contributed by atoms with Crippen molar-refractivity contribution in [3.8, 4) is 0 Å². The molecule has 5 rings (SSSR count). The van der Waals surface area contributed by atoms with Crippen LogP contribution in [0, 0.1) is 5.82 Å². The number of nitrogens with zero attached hydrogens (tertiary/aromatic N) is 3. The molecular weight excluding hydrogens is 389 g/mol. The Morgan fingerprint density at radius 2 is 1.74 bits per heavy atom. The van der Waals surface area contributed by atoms with Crippen molar-refractivity contribution in [2.24, 2.45) is 0 Å². The third-order valence-corrected chi connectivity index (χ3v) is 6.12. The number of anilines is 1. The van der Waals surface area contributed by atoms with Gasteiger partial charge in [0, 0.05) is 30.1 Å². The summed E-state index contributed by atoms with van der Waals surface area (Å²) in [5.74, 6) is 0.660. The molecule has 0 saturated carbocycles. The predicted octanol–water partition coefficient (Wildman–Crippen LogP) is 5.31. The van der Waals surface area contributed by atoms with Crippen LogP contribution in [0.25, 0.3) is 11.0 Å². The number of imidazole rings is 1. The van der Waals surface area contributed by atoms with Gasteiger partial charge in [-0.05, 0) is 42.3 Å². The maximum Gasteiger partial charge on any atom is 0.227 e. The summed E-state index contributed by atoms with van der Waals surface area (Å²) in [7, 11) is 0. The van der Waals surface area contributed by atoms with Gasteiger partial charge in [0.15, 0.2) is 0 Å². The molecule has 0 N–H and O–H groups in total. The number of aromatic nitrogens is 2. The van der Waals surface area contributed by atoms with E-state index in [1.165, 1.54) is 11.6 Å². The summed E-state index contributed by atoms with van der Waals surface area (Å²) in [6.45, 7) is 3.08. The molecule has 2 heterocycles. The van der Waals surface area contributed by atoms with Gasteiger partial charge in [0.05, 0.1) is 17.6 Å². The minimum atomic E-state index is -0.230. The van der Waals surface area contributed by atoms with Crippen molar-refractivity contribution >= 4 is 22.6 Å². The fourth-order valence-corrected chi connectivity index (χ4v) is 4.41. The van der Waals surface area contributed by atoms with E-state index in [4.69, 9.17) is 4.98 Å². The molecule has 0 spiro atoms. The lowest BCUT2D eigenvalue weighted by Gasteiger charge is -2.18. The number of aryl methyl sites for hydroxylation is 1. The van der Waals surface area contributed by atoms with Gasteiger partial charge in [-0.15, -0.1) is 0 Å². The Kier molecular flexibility index (Phi) is 5.02. The molecule has 0 radical (unpaired) electrons. The van der Waals surface area contributed by atoms with Gasteiger partial charge in [-0.25, -0.2) is 9.37 Å². The number of carbonyl (C=O) groups excluding carboxylic acids is 1. The molecule has 1 aliphatic rings. The summed E-state index contributed by atoms with van der Waals surface area (Å²) >= 11 is 0. The van der Waals surface area contributed by atoms with E-state index in [-0.39, 0.29) is 17.6 Å². The third kappa shape index (κ3) is 3.61. The average Bonchev–Trinajstić information content (AvgIpc) is 3.36. The highest BCUT2D eigenvalue weighted by Crippen LogP contribution is 2.34. The van der Waals surface area contributed by atoms with Crippen molar-refractivity contribution in [3.63, 3.8) is 0 Å². The second-order valence-electron chi connectivity index (χ2n) is 8.06. The highest BCUT2D eigenvalue weighted by atomic mass is 19.1. The number of benzene rings is 3. The monoisotopic (exact) mass is 413 g/mol. The Bertz CT molecular complexity index is 1250. The lowest BCUT2D eigenvalue weighted by atomic mass is 10.1. The molecule has 31 heavy (non-hydrogen) atoms. The molecule has 1 atom stereocenters. The normalized spacial score (nSPS) is 16.4. The Morgan fingerprint density at radius 1 is 1.00 bits per heavy atom. The Hall–Kier alpha value is -3.47. The van der Waals surface area contributed by atoms with E-state index in [0.29, 0.717) is 25.1 Å². The van der Waals surface area contributed by atoms with Crippen molar-refractivity contribution in [2.75, 3.05) is 11.4 Å². The van der Waals surface area contributed by atoms with Crippen LogP contribution in [0.5, 0.6) is 0 Å². The van der Waals surface area contributed by atoms with Gasteiger partial charge < -0.3 is 9.47 Å². The molecule has 5 heteroatoms. The number of hydrogen-bond acceptors (Lipinski definition) is 2. The van der Waals surface area contributed by atoms with Crippen LogP contribution in [0.3, 0.4) is 0 Å². The summed E-state index contributed by atoms with van der Waals surface area (Å²) in [6, 6.07) is 22.9. The van der Waals surface area contributed by atoms with E-state index in [9.17, 15) is 9.18 Å². The molecule has 4 nitrogen and oxygen atoms in total. The molecule has 1 saturated heterocycles. The van der Waals surface area contributed by atoms with Gasteiger partial charge in [0.1, 0.15) is 11.6 Å². The zero-order valence-electron chi connectivity index (χ0n) is 17.5. The van der Waals surface area contributed by atoms with Crippen molar-refractivity contribution in [2.45, 2.75) is 32.2 Å². The zero-order chi connectivity index (χ0) is 21.4. The lowest BCUT2D eigenvalue weighted by Crippen LogP contribution is -2.24. The van der Waals surface area contributed by atoms with E-state index in [0.717, 1.165) is 29.0 Å². The summed E-state index contributed by atoms with van der Waals surface area (Å²) in [6.07, 6.45) is 1.37. The zero-order valence-corrected chi connectivity index (χ0v) is 17.5. The topological polar surface area (TPSA) is 38.1 Å². The van der Waals surface area contributed by atoms with E-state index in [2.05, 4.69) is 23.6 Å². The standard InChI is InChI=1S/C26H24FN3O/c1-2-18-11-13-21(14-12-18)29-17-20(15-25(29)31)26-28-23-9-5-6-10-24(23)30(26)16-19-7-3-4-8-22(19)27/h3-14,20H,2,15-17H2,1H3. The van der Waals surface area contributed by atoms with E-state index in [1.807, 2.05) is 47.4 Å². The van der Waals surface area contributed by atoms with Crippen LogP contribution in [0.4, 0.5) is 10.1 Å². The fourth-order valence-electron chi connectivity index (χ4n) is 4.41. The second-order valence-corrected chi connectivity index (χ2v) is 8.06. The largest absolute Gasteiger partial charge is 0.323 e. The number of rotatable bonds is 5. The van der Waals surface area contributed by atoms with Crippen molar-refractivity contribution in [3.05, 3.63) is 95.6 Å². The molecule has 156 valence electrons. The van der Waals surface area contributed by atoms with Crippen molar-refractivity contribution in [1.82, 2.24) is 9.55 Å². The molecule has 1 aliphatic heterocycles. The van der Waals surface area contributed by atoms with E-state index >= 15 is 0 Å². The van der Waals surface area contributed by atoms with Crippen LogP contribution in [0.15, 0.2) is 72.8 Å². The van der Waals surface area contributed by atoms with Crippen molar-refractivity contribution < 1.29 is 9.18 Å². The van der Waals surface area contributed by atoms with Crippen LogP contribution in [-0.4, -0.2) is 22.0 Å². The number of halogens is 1. The number of fused-ring (bicyclic) bond motifs is 1. The molecule has 3 aromatic carbocycles. The fraction of sp³-hybridized carbons (Fsp3) is 0.231. The number of hydrogen-bond donors (Lipinski definition) is 0. The minimum Gasteiger partial charge on any atom is -0.323 e. The first-order valence-electron chi connectivity index (χ1n) is 10.7. The first-order valence-corrected chi connectivity index (χ1v) is 10.7. The number of carbonyl (C=O) groups is 1. The van der Waals surface area contributed by atoms with Crippen LogP contribution < -0.4 is 4.90 Å². The van der Waals surface area contributed by atoms with Gasteiger partial charge >= 0.3 is 0 Å². The second kappa shape index (κ2) is 7.99. The third-order valence-electron chi connectivity index (χ3n) is 6.12. The van der Waals surface area contributed by atoms with Gasteiger partial charge in [-0.1, -0.05) is 49.4 Å². The molecule has 1 fully saturated rings. The number of amides is 1. The van der Waals surface area contributed by atoms with E-state index < -0.39 is 0 Å². The first-order chi connectivity index (χ1) is 15.1. The van der Waals surface area contributed by atoms with Crippen LogP contribution in [0.1, 0.15) is 36.2 Å². The Labute approximate surface area is 181 Å². The van der Waals surface area contributed by atoms with Crippen LogP contribution in [0.2, 0.25) is 0 Å². The first kappa shape index (κ1) is 19.5. The van der Waals surface area contributed by atoms with Gasteiger partial charge in [-0.2, -0.15) is 0 Å². The molecule has 4 aromatic rings. The highest BCUT2D eigenvalue weighted by molar-refractivity contribution is 5.96. The summed E-state index contributed by atoms with van der Waals surface area (Å²) < 4.78 is 16.5. The van der Waals surface area contributed by atoms with Gasteiger partial charge in [-0.3, -0.25) is 4.79 Å². The van der Waals surface area contributed by atoms with Gasteiger partial charge in [0.2, 0.25) is 5.91 Å². The molecule has 0 bridgehead atoms. The lowest BCUT2D eigenvalue weighted by molar-refractivity contribution is -0.117. The quantitative estimate of drug-likeness (QED) is 0.445. The van der Waals surface area contributed by atoms with Crippen LogP contribution >= 0.6 is 0 Å². The molecule has 1 amide bonds. The molecule has 1 aromatic heterocycles. The predicted molar refractivity (Wildman–Crippen MR) is 121 cm³/mol. The maximum absolute atomic E-state index is 14.4. The number of para-hydroxylation sites is 2. The summed E-state index contributed by atoms with van der Waals surface area (Å²) in [5, 5.41) is 0.